The van der Waals surface area contributed by atoms with E-state index in [-0.39, 0.29) is 45.5 Å². The van der Waals surface area contributed by atoms with Crippen molar-refractivity contribution in [2.45, 2.75) is 66.0 Å². The van der Waals surface area contributed by atoms with Crippen molar-refractivity contribution in [3.63, 3.8) is 0 Å². The van der Waals surface area contributed by atoms with Crippen LogP contribution in [-0.2, 0) is 20.6 Å². The molecule has 14 nitrogen and oxygen atoms in total. The van der Waals surface area contributed by atoms with Crippen molar-refractivity contribution in [3.05, 3.63) is 47.0 Å². The smallest absolute Gasteiger partial charge is 0.356 e. The highest BCUT2D eigenvalue weighted by Crippen LogP contribution is 2.37. The number of nitrogens with two attached hydrogens (primary N) is 1. The minimum Gasteiger partial charge on any atom is -0.493 e. The predicted octanol–water partition coefficient (Wildman–Crippen LogP) is -0.247. The molecule has 12 N–H and O–H groups in total. The van der Waals surface area contributed by atoms with Crippen molar-refractivity contribution >= 4 is 45.2 Å². The van der Waals surface area contributed by atoms with E-state index >= 15 is 0 Å². The van der Waals surface area contributed by atoms with Gasteiger partial charge in [-0.2, -0.15) is 0 Å². The number of rotatable bonds is 10. The van der Waals surface area contributed by atoms with Crippen LogP contribution in [0.4, 0.5) is 0 Å². The van der Waals surface area contributed by atoms with Gasteiger partial charge in [-0.15, -0.1) is 9.24 Å². The molecule has 2 aromatic carbocycles. The number of fused-ring (bicyclic) bond motifs is 1. The van der Waals surface area contributed by atoms with E-state index in [1.54, 1.807) is 39.0 Å². The molecule has 254 valence electrons. The van der Waals surface area contributed by atoms with Gasteiger partial charge in [-0.1, -0.05) is 46.8 Å². The molecule has 0 fully saturated rings. The number of carbonyl (C=O) groups is 3. The third-order valence-corrected chi connectivity index (χ3v) is 8.45. The lowest BCUT2D eigenvalue weighted by atomic mass is 9.94. The number of benzene rings is 2. The zero-order valence-electron chi connectivity index (χ0n) is 26.1. The molecule has 0 spiro atoms. The second-order valence-corrected chi connectivity index (χ2v) is 14.1. The van der Waals surface area contributed by atoms with Gasteiger partial charge in [0.05, 0.1) is 30.1 Å². The Hall–Kier alpha value is -3.09. The molecule has 0 bridgehead atoms. The first-order valence-corrected chi connectivity index (χ1v) is 16.0. The zero-order chi connectivity index (χ0) is 31.4. The predicted molar refractivity (Wildman–Crippen MR) is 174 cm³/mol. The summed E-state index contributed by atoms with van der Waals surface area (Å²) in [4.78, 5) is 58.6. The van der Waals surface area contributed by atoms with E-state index in [2.05, 4.69) is 19.9 Å². The largest absolute Gasteiger partial charge is 0.493 e. The van der Waals surface area contributed by atoms with Crippen molar-refractivity contribution in [2.24, 2.45) is 17.1 Å². The van der Waals surface area contributed by atoms with Crippen LogP contribution in [0, 0.1) is 11.3 Å². The average Bonchev–Trinajstić information content (AvgIpc) is 3.07. The van der Waals surface area contributed by atoms with Crippen LogP contribution < -0.4 is 36.5 Å². The summed E-state index contributed by atoms with van der Waals surface area (Å²) in [5, 5.41) is 5.96. The van der Waals surface area contributed by atoms with Crippen LogP contribution >= 0.6 is 16.8 Å². The molecular weight excluding hydrogens is 628 g/mol. The van der Waals surface area contributed by atoms with Gasteiger partial charge in [-0.25, -0.2) is 0 Å². The number of amides is 3. The molecule has 3 atom stereocenters. The fourth-order valence-electron chi connectivity index (χ4n) is 4.38. The lowest BCUT2D eigenvalue weighted by molar-refractivity contribution is -0.133. The van der Waals surface area contributed by atoms with E-state index in [1.807, 2.05) is 13.8 Å². The van der Waals surface area contributed by atoms with Gasteiger partial charge in [0.15, 0.2) is 0 Å². The lowest BCUT2D eigenvalue weighted by Crippen LogP contribution is -2.51. The summed E-state index contributed by atoms with van der Waals surface area (Å²) in [5.74, 6) is -0.579. The zero-order valence-corrected chi connectivity index (χ0v) is 28.1. The van der Waals surface area contributed by atoms with E-state index in [4.69, 9.17) is 15.2 Å². The number of carbonyl (C=O) groups excluding carboxylic acids is 3. The first kappa shape index (κ1) is 41.9. The normalized spacial score (nSPS) is 15.0. The molecule has 1 unspecified atom stereocenters. The van der Waals surface area contributed by atoms with Crippen LogP contribution in [0.25, 0.3) is 0 Å². The van der Waals surface area contributed by atoms with E-state index in [0.29, 0.717) is 54.0 Å². The summed E-state index contributed by atoms with van der Waals surface area (Å²) in [6, 6.07) is 6.11. The molecule has 45 heavy (non-hydrogen) atoms. The number of hydrogen-bond acceptors (Lipinski definition) is 6. The standard InChI is InChI=1S/C29H41N3O8P2.3H2O/c1-16(2)15-40-23-14-22-18(13-19(23)26(30)33)20(7-6-10-39-22)31-27(34)21(32-28(35)29(3,4)5)11-17-8-9-24(41)25(12-17)42(36,37)38;;;/h8-9,12-14,16,20-21H,6-7,10-11,15,41H2,1-5H3,(H2,30,33)(H,31,34)(H,32,35)(H2,36,37,38);3*1H2/t20-,21-;;;/m0.../s1. The molecule has 1 heterocycles. The summed E-state index contributed by atoms with van der Waals surface area (Å²) in [6.45, 7) is 9.87. The van der Waals surface area contributed by atoms with Gasteiger partial charge >= 0.3 is 7.60 Å². The van der Waals surface area contributed by atoms with Crippen LogP contribution in [0.15, 0.2) is 30.3 Å². The SMILES string of the molecule is CC(C)COc1cc2c(cc1C(N)=O)[C@@H](NC(=O)[C@H](Cc1ccc(P)c(P(=O)(O)O)c1)NC(=O)C(C)(C)C)CCCO2.O.O.O. The van der Waals surface area contributed by atoms with E-state index in [9.17, 15) is 28.7 Å². The first-order chi connectivity index (χ1) is 19.5. The second kappa shape index (κ2) is 17.0. The Bertz CT molecular complexity index is 1390. The minimum atomic E-state index is -4.57. The van der Waals surface area contributed by atoms with E-state index in [0.717, 1.165) is 0 Å². The molecule has 0 aliphatic carbocycles. The summed E-state index contributed by atoms with van der Waals surface area (Å²) >= 11 is 0. The molecule has 0 saturated heterocycles. The molecule has 3 amide bonds. The van der Waals surface area contributed by atoms with Gasteiger partial charge in [0.1, 0.15) is 17.5 Å². The number of hydrogen-bond donors (Lipinski definition) is 5. The van der Waals surface area contributed by atoms with Crippen molar-refractivity contribution < 1.29 is 54.6 Å². The fraction of sp³-hybridized carbons (Fsp3) is 0.483. The molecule has 2 aromatic rings. The maximum atomic E-state index is 13.8. The number of ether oxygens (including phenoxy) is 2. The third kappa shape index (κ3) is 11.3. The van der Waals surface area contributed by atoms with Gasteiger partial charge in [-0.05, 0) is 41.8 Å². The van der Waals surface area contributed by atoms with Crippen LogP contribution in [0.2, 0.25) is 0 Å². The quantitative estimate of drug-likeness (QED) is 0.209. The molecule has 0 radical (unpaired) electrons. The first-order valence-electron chi connectivity index (χ1n) is 13.8. The molecule has 0 saturated carbocycles. The Morgan fingerprint density at radius 1 is 1.13 bits per heavy atom. The van der Waals surface area contributed by atoms with Crippen LogP contribution in [-0.4, -0.2) is 63.2 Å². The highest BCUT2D eigenvalue weighted by atomic mass is 31.2. The number of nitrogens with one attached hydrogen (secondary N) is 2. The summed E-state index contributed by atoms with van der Waals surface area (Å²) in [7, 11) is -2.28. The average molecular weight is 676 g/mol. The van der Waals surface area contributed by atoms with Gasteiger partial charge < -0.3 is 52.1 Å². The van der Waals surface area contributed by atoms with Crippen molar-refractivity contribution in [2.75, 3.05) is 13.2 Å². The van der Waals surface area contributed by atoms with Gasteiger partial charge in [-0.3, -0.25) is 18.9 Å². The highest BCUT2D eigenvalue weighted by Gasteiger charge is 2.32. The maximum Gasteiger partial charge on any atom is 0.356 e. The van der Waals surface area contributed by atoms with Crippen molar-refractivity contribution in [3.8, 4) is 11.5 Å². The Balaban J connectivity index is 0.00000645. The third-order valence-electron chi connectivity index (χ3n) is 6.69. The fourth-order valence-corrected chi connectivity index (χ4v) is 5.81. The van der Waals surface area contributed by atoms with Crippen LogP contribution in [0.5, 0.6) is 11.5 Å². The maximum absolute atomic E-state index is 13.8. The number of primary amides is 1. The second-order valence-electron chi connectivity index (χ2n) is 11.9. The Morgan fingerprint density at radius 2 is 1.78 bits per heavy atom. The van der Waals surface area contributed by atoms with Crippen LogP contribution in [0.1, 0.15) is 75.0 Å². The lowest BCUT2D eigenvalue weighted by Gasteiger charge is -2.27. The monoisotopic (exact) mass is 675 g/mol. The molecule has 16 heteroatoms. The highest BCUT2D eigenvalue weighted by molar-refractivity contribution is 7.61. The van der Waals surface area contributed by atoms with Gasteiger partial charge in [0.25, 0.3) is 5.91 Å². The minimum absolute atomic E-state index is 0. The van der Waals surface area contributed by atoms with Gasteiger partial charge in [0, 0.05) is 23.5 Å². The Morgan fingerprint density at radius 3 is 2.33 bits per heavy atom. The summed E-state index contributed by atoms with van der Waals surface area (Å²) in [5.41, 5.74) is 6.06. The molecule has 1 aliphatic heterocycles. The summed E-state index contributed by atoms with van der Waals surface area (Å²) in [6.07, 6.45) is 1.08. The topological polar surface area (TPSA) is 272 Å². The van der Waals surface area contributed by atoms with Crippen molar-refractivity contribution in [1.82, 2.24) is 10.6 Å². The van der Waals surface area contributed by atoms with Crippen LogP contribution in [0.3, 0.4) is 0 Å². The molecule has 1 aliphatic rings. The van der Waals surface area contributed by atoms with E-state index < -0.39 is 36.9 Å². The van der Waals surface area contributed by atoms with E-state index in [1.165, 1.54) is 12.1 Å². The van der Waals surface area contributed by atoms with Gasteiger partial charge in [0.2, 0.25) is 11.8 Å². The summed E-state index contributed by atoms with van der Waals surface area (Å²) < 4.78 is 23.8. The molecular formula is C29H47N3O11P2. The molecule has 0 aromatic heterocycles. The Labute approximate surface area is 265 Å². The molecule has 3 rings (SSSR count). The Kier molecular flexibility index (Phi) is 15.8. The van der Waals surface area contributed by atoms with Crippen molar-refractivity contribution in [1.29, 1.82) is 0 Å².